The fourth-order valence-corrected chi connectivity index (χ4v) is 4.80. The number of nitrogens with zero attached hydrogens (tertiary/aromatic N) is 1. The van der Waals surface area contributed by atoms with Crippen molar-refractivity contribution in [2.45, 2.75) is 44.9 Å². The van der Waals surface area contributed by atoms with E-state index in [1.807, 2.05) is 0 Å². The molecule has 4 rings (SSSR count). The number of hydrogen-bond donors (Lipinski definition) is 2. The van der Waals surface area contributed by atoms with Crippen molar-refractivity contribution in [1.29, 1.82) is 0 Å². The highest BCUT2D eigenvalue weighted by molar-refractivity contribution is 6.05. The lowest BCUT2D eigenvalue weighted by Crippen LogP contribution is -2.18. The summed E-state index contributed by atoms with van der Waals surface area (Å²) in [5, 5.41) is 20.6. The van der Waals surface area contributed by atoms with Crippen LogP contribution in [-0.4, -0.2) is 26.7 Å². The summed E-state index contributed by atoms with van der Waals surface area (Å²) in [6, 6.07) is 10.0. The number of carboxylic acids is 1. The number of rotatable bonds is 5. The molecule has 0 saturated heterocycles. The quantitative estimate of drug-likeness (QED) is 0.605. The van der Waals surface area contributed by atoms with Crippen LogP contribution in [0.3, 0.4) is 0 Å². The number of carboxylic acid groups (broad SMARTS) is 1. The Morgan fingerprint density at radius 1 is 1.17 bits per heavy atom. The van der Waals surface area contributed by atoms with E-state index in [4.69, 9.17) is 0 Å². The van der Waals surface area contributed by atoms with Crippen molar-refractivity contribution in [1.82, 2.24) is 4.57 Å². The van der Waals surface area contributed by atoms with Gasteiger partial charge in [-0.15, -0.1) is 0 Å². The molecule has 1 aliphatic rings. The molecule has 3 aromatic rings. The minimum absolute atomic E-state index is 0.00381. The number of carbonyl (C=O) groups is 2. The first-order valence-corrected chi connectivity index (χ1v) is 10.2. The van der Waals surface area contributed by atoms with Crippen LogP contribution in [0.25, 0.3) is 10.9 Å². The van der Waals surface area contributed by atoms with Crippen LogP contribution in [0.4, 0.5) is 4.39 Å². The fourth-order valence-electron chi connectivity index (χ4n) is 4.80. The monoisotopic (exact) mass is 409 g/mol. The predicted octanol–water partition coefficient (Wildman–Crippen LogP) is 5.23. The molecular weight excluding hydrogens is 385 g/mol. The fraction of sp³-hybridized carbons (Fsp3) is 0.333. The van der Waals surface area contributed by atoms with Crippen molar-refractivity contribution in [3.05, 3.63) is 65.1 Å². The van der Waals surface area contributed by atoms with Gasteiger partial charge in [-0.25, -0.2) is 4.39 Å². The number of aliphatic carboxylic acids is 1. The molecule has 0 unspecified atom stereocenters. The lowest BCUT2D eigenvalue weighted by atomic mass is 9.86. The number of carbonyl (C=O) groups excluding carboxylic acids is 1. The van der Waals surface area contributed by atoms with Gasteiger partial charge < -0.3 is 10.2 Å². The molecule has 1 aliphatic carbocycles. The summed E-state index contributed by atoms with van der Waals surface area (Å²) in [5.74, 6) is -2.33. The molecule has 1 aromatic heterocycles. The third kappa shape index (κ3) is 3.58. The predicted molar refractivity (Wildman–Crippen MR) is 111 cm³/mol. The summed E-state index contributed by atoms with van der Waals surface area (Å²) in [4.78, 5) is 25.5. The molecule has 1 fully saturated rings. The van der Waals surface area contributed by atoms with Crippen molar-refractivity contribution in [2.24, 2.45) is 5.92 Å². The third-order valence-electron chi connectivity index (χ3n) is 6.20. The Kier molecular flexibility index (Phi) is 5.33. The summed E-state index contributed by atoms with van der Waals surface area (Å²) >= 11 is 0. The normalized spacial score (nSPS) is 15.5. The average molecular weight is 409 g/mol. The minimum atomic E-state index is -0.939. The van der Waals surface area contributed by atoms with Gasteiger partial charge in [0.1, 0.15) is 11.6 Å². The van der Waals surface area contributed by atoms with Crippen LogP contribution in [-0.2, 0) is 4.79 Å². The first-order chi connectivity index (χ1) is 14.4. The molecule has 156 valence electrons. The van der Waals surface area contributed by atoms with E-state index in [1.54, 1.807) is 13.0 Å². The van der Waals surface area contributed by atoms with Gasteiger partial charge in [0.05, 0.1) is 11.4 Å². The SMILES string of the molecule is Cc1c([C@H](CC2CCCC2)C(=O)O)c2cc(O)ccc2n1C(=O)c1cccc(F)c1. The number of fused-ring (bicyclic) bond motifs is 1. The number of hydrogen-bond acceptors (Lipinski definition) is 3. The second kappa shape index (κ2) is 7.94. The molecule has 1 heterocycles. The van der Waals surface area contributed by atoms with Crippen LogP contribution in [0.1, 0.15) is 59.6 Å². The number of aromatic hydroxyl groups is 1. The van der Waals surface area contributed by atoms with Gasteiger partial charge in [-0.2, -0.15) is 0 Å². The zero-order valence-corrected chi connectivity index (χ0v) is 16.8. The molecule has 2 aromatic carbocycles. The van der Waals surface area contributed by atoms with E-state index in [1.165, 1.54) is 41.0 Å². The highest BCUT2D eigenvalue weighted by Crippen LogP contribution is 2.40. The van der Waals surface area contributed by atoms with Crippen LogP contribution < -0.4 is 0 Å². The molecule has 1 atom stereocenters. The highest BCUT2D eigenvalue weighted by atomic mass is 19.1. The van der Waals surface area contributed by atoms with Gasteiger partial charge in [-0.1, -0.05) is 31.7 Å². The zero-order chi connectivity index (χ0) is 21.4. The first-order valence-electron chi connectivity index (χ1n) is 10.2. The van der Waals surface area contributed by atoms with Gasteiger partial charge in [-0.3, -0.25) is 14.2 Å². The molecule has 0 bridgehead atoms. The smallest absolute Gasteiger partial charge is 0.311 e. The van der Waals surface area contributed by atoms with Gasteiger partial charge >= 0.3 is 5.97 Å². The van der Waals surface area contributed by atoms with Gasteiger partial charge in [0.25, 0.3) is 5.91 Å². The van der Waals surface area contributed by atoms with Gasteiger partial charge in [-0.05, 0) is 61.2 Å². The van der Waals surface area contributed by atoms with Crippen LogP contribution >= 0.6 is 0 Å². The van der Waals surface area contributed by atoms with Crippen molar-refractivity contribution >= 4 is 22.8 Å². The van der Waals surface area contributed by atoms with Crippen molar-refractivity contribution in [3.63, 3.8) is 0 Å². The van der Waals surface area contributed by atoms with E-state index in [0.29, 0.717) is 34.5 Å². The summed E-state index contributed by atoms with van der Waals surface area (Å²) in [5.41, 5.74) is 1.74. The van der Waals surface area contributed by atoms with E-state index in [2.05, 4.69) is 0 Å². The molecule has 0 aliphatic heterocycles. The van der Waals surface area contributed by atoms with Gasteiger partial charge in [0.15, 0.2) is 0 Å². The standard InChI is InChI=1S/C24H24FNO4/c1-14-22(20(24(29)30)11-15-5-2-3-6-15)19-13-18(27)9-10-21(19)26(14)23(28)16-7-4-8-17(25)12-16/h4,7-10,12-13,15,20,27H,2-3,5-6,11H2,1H3,(H,29,30)/t20-/m0/s1. The van der Waals surface area contributed by atoms with Gasteiger partial charge in [0.2, 0.25) is 0 Å². The van der Waals surface area contributed by atoms with E-state index >= 15 is 0 Å². The number of phenols is 1. The lowest BCUT2D eigenvalue weighted by Gasteiger charge is -2.18. The molecule has 6 heteroatoms. The summed E-state index contributed by atoms with van der Waals surface area (Å²) < 4.78 is 15.1. The van der Waals surface area contributed by atoms with Crippen LogP contribution in [0, 0.1) is 18.7 Å². The lowest BCUT2D eigenvalue weighted by molar-refractivity contribution is -0.139. The average Bonchev–Trinajstić information content (AvgIpc) is 3.31. The van der Waals surface area contributed by atoms with E-state index in [9.17, 15) is 24.2 Å². The second-order valence-electron chi connectivity index (χ2n) is 8.13. The minimum Gasteiger partial charge on any atom is -0.508 e. The Labute approximate surface area is 173 Å². The molecule has 2 N–H and O–H groups in total. The van der Waals surface area contributed by atoms with Gasteiger partial charge in [0, 0.05) is 16.6 Å². The van der Waals surface area contributed by atoms with Crippen LogP contribution in [0.5, 0.6) is 5.75 Å². The highest BCUT2D eigenvalue weighted by Gasteiger charge is 2.32. The topological polar surface area (TPSA) is 79.5 Å². The Hall–Kier alpha value is -3.15. The van der Waals surface area contributed by atoms with Crippen LogP contribution in [0.2, 0.25) is 0 Å². The third-order valence-corrected chi connectivity index (χ3v) is 6.20. The van der Waals surface area contributed by atoms with E-state index in [-0.39, 0.29) is 11.3 Å². The maximum Gasteiger partial charge on any atom is 0.311 e. The molecule has 30 heavy (non-hydrogen) atoms. The largest absolute Gasteiger partial charge is 0.508 e. The number of benzene rings is 2. The molecule has 1 saturated carbocycles. The second-order valence-corrected chi connectivity index (χ2v) is 8.13. The summed E-state index contributed by atoms with van der Waals surface area (Å²) in [6.07, 6.45) is 4.73. The van der Waals surface area contributed by atoms with Crippen molar-refractivity contribution in [3.8, 4) is 5.75 Å². The Bertz CT molecular complexity index is 1130. The first kappa shape index (κ1) is 20.1. The maximum atomic E-state index is 13.7. The Morgan fingerprint density at radius 3 is 2.57 bits per heavy atom. The molecule has 0 radical (unpaired) electrons. The number of phenolic OH excluding ortho intramolecular Hbond substituents is 1. The van der Waals surface area contributed by atoms with E-state index in [0.717, 1.165) is 25.7 Å². The Balaban J connectivity index is 1.89. The molecular formula is C24H24FNO4. The molecule has 0 spiro atoms. The Morgan fingerprint density at radius 2 is 1.90 bits per heavy atom. The van der Waals surface area contributed by atoms with Crippen molar-refractivity contribution < 1.29 is 24.2 Å². The van der Waals surface area contributed by atoms with E-state index < -0.39 is 23.6 Å². The summed E-state index contributed by atoms with van der Waals surface area (Å²) in [6.45, 7) is 1.72. The van der Waals surface area contributed by atoms with Crippen molar-refractivity contribution in [2.75, 3.05) is 0 Å². The summed E-state index contributed by atoms with van der Waals surface area (Å²) in [7, 11) is 0. The number of halogens is 1. The number of aromatic nitrogens is 1. The zero-order valence-electron chi connectivity index (χ0n) is 16.8. The maximum absolute atomic E-state index is 13.7. The molecule has 0 amide bonds. The molecule has 5 nitrogen and oxygen atoms in total. The van der Waals surface area contributed by atoms with Crippen LogP contribution in [0.15, 0.2) is 42.5 Å².